The van der Waals surface area contributed by atoms with E-state index in [9.17, 15) is 4.79 Å². The van der Waals surface area contributed by atoms with Crippen molar-refractivity contribution in [2.24, 2.45) is 5.92 Å². The molecular weight excluding hydrogens is 323 g/mol. The molecule has 1 aliphatic rings. The van der Waals surface area contributed by atoms with Gasteiger partial charge < -0.3 is 10.6 Å². The number of anilines is 3. The van der Waals surface area contributed by atoms with Crippen LogP contribution in [0.25, 0.3) is 0 Å². The molecule has 0 saturated heterocycles. The van der Waals surface area contributed by atoms with Gasteiger partial charge in [-0.25, -0.2) is 0 Å². The minimum atomic E-state index is 0.00964. The average molecular weight is 337 g/mol. The van der Waals surface area contributed by atoms with Crippen molar-refractivity contribution in [3.63, 3.8) is 0 Å². The van der Waals surface area contributed by atoms with Crippen molar-refractivity contribution in [2.45, 2.75) is 19.3 Å². The molecule has 2 N–H and O–H groups in total. The van der Waals surface area contributed by atoms with Crippen molar-refractivity contribution < 1.29 is 4.79 Å². The van der Waals surface area contributed by atoms with Crippen molar-refractivity contribution in [3.8, 4) is 0 Å². The van der Waals surface area contributed by atoms with Crippen molar-refractivity contribution in [1.82, 2.24) is 10.2 Å². The Morgan fingerprint density at radius 2 is 1.68 bits per heavy atom. The van der Waals surface area contributed by atoms with Crippen LogP contribution in [-0.2, 0) is 4.79 Å². The third kappa shape index (κ3) is 3.31. The van der Waals surface area contributed by atoms with Gasteiger partial charge in [0.1, 0.15) is 0 Å². The summed E-state index contributed by atoms with van der Waals surface area (Å²) in [5.41, 5.74) is 0.575. The van der Waals surface area contributed by atoms with Crippen molar-refractivity contribution in [2.75, 3.05) is 10.6 Å². The van der Waals surface area contributed by atoms with E-state index in [4.69, 9.17) is 23.2 Å². The number of hydrogen-bond acceptors (Lipinski definition) is 4. The number of rotatable bonds is 4. The molecule has 2 aromatic rings. The zero-order valence-electron chi connectivity index (χ0n) is 11.6. The predicted octanol–water partition coefficient (Wildman–Crippen LogP) is 4.27. The fourth-order valence-electron chi connectivity index (χ4n) is 2.11. The average Bonchev–Trinajstić information content (AvgIpc) is 2.43. The molecule has 1 amide bonds. The summed E-state index contributed by atoms with van der Waals surface area (Å²) in [6.07, 6.45) is 3.01. The van der Waals surface area contributed by atoms with Gasteiger partial charge in [0.25, 0.3) is 0 Å². The van der Waals surface area contributed by atoms with Crippen molar-refractivity contribution >= 4 is 46.4 Å². The topological polar surface area (TPSA) is 66.9 Å². The van der Waals surface area contributed by atoms with Crippen molar-refractivity contribution in [1.29, 1.82) is 0 Å². The van der Waals surface area contributed by atoms with Crippen LogP contribution in [0.1, 0.15) is 19.3 Å². The highest BCUT2D eigenvalue weighted by molar-refractivity contribution is 6.39. The van der Waals surface area contributed by atoms with Gasteiger partial charge in [0.2, 0.25) is 5.91 Å². The first-order valence-corrected chi connectivity index (χ1v) is 7.75. The van der Waals surface area contributed by atoms with Crippen molar-refractivity contribution in [3.05, 3.63) is 40.4 Å². The molecule has 1 fully saturated rings. The molecule has 0 aliphatic heterocycles. The monoisotopic (exact) mass is 336 g/mol. The molecule has 1 saturated carbocycles. The molecule has 0 spiro atoms. The van der Waals surface area contributed by atoms with Gasteiger partial charge in [-0.1, -0.05) is 35.7 Å². The molecule has 7 heteroatoms. The molecule has 1 heterocycles. The summed E-state index contributed by atoms with van der Waals surface area (Å²) in [5.74, 6) is 1.06. The van der Waals surface area contributed by atoms with Crippen LogP contribution in [-0.4, -0.2) is 16.1 Å². The molecule has 1 aromatic carbocycles. The Morgan fingerprint density at radius 3 is 2.23 bits per heavy atom. The van der Waals surface area contributed by atoms with Gasteiger partial charge in [-0.05, 0) is 37.1 Å². The molecule has 0 unspecified atom stereocenters. The summed E-state index contributed by atoms with van der Waals surface area (Å²) in [6.45, 7) is 0. The van der Waals surface area contributed by atoms with Crippen LogP contribution in [0.2, 0.25) is 10.0 Å². The maximum Gasteiger partial charge on any atom is 0.228 e. The van der Waals surface area contributed by atoms with Crippen LogP contribution < -0.4 is 10.6 Å². The quantitative estimate of drug-likeness (QED) is 0.874. The maximum atomic E-state index is 11.8. The zero-order chi connectivity index (χ0) is 15.5. The highest BCUT2D eigenvalue weighted by Gasteiger charge is 2.25. The smallest absolute Gasteiger partial charge is 0.228 e. The summed E-state index contributed by atoms with van der Waals surface area (Å²) >= 11 is 12.2. The number of carbonyl (C=O) groups is 1. The molecule has 1 aliphatic carbocycles. The lowest BCUT2D eigenvalue weighted by molar-refractivity contribution is -0.122. The summed E-state index contributed by atoms with van der Waals surface area (Å²) < 4.78 is 0. The number of amides is 1. The van der Waals surface area contributed by atoms with E-state index >= 15 is 0 Å². The molecule has 0 bridgehead atoms. The predicted molar refractivity (Wildman–Crippen MR) is 87.7 cm³/mol. The van der Waals surface area contributed by atoms with Crippen LogP contribution in [0, 0.1) is 5.92 Å². The fourth-order valence-corrected chi connectivity index (χ4v) is 2.60. The standard InChI is InChI=1S/C15H14Cl2N4O/c16-10-5-2-6-11(17)14(10)18-12-7-8-13(21-20-12)19-15(22)9-3-1-4-9/h2,5-9H,1,3-4H2,(H,18,20)(H,19,21,22). The third-order valence-electron chi connectivity index (χ3n) is 3.61. The first kappa shape index (κ1) is 15.1. The number of carbonyl (C=O) groups excluding carboxylic acids is 1. The summed E-state index contributed by atoms with van der Waals surface area (Å²) in [5, 5.41) is 14.8. The largest absolute Gasteiger partial charge is 0.336 e. The Hall–Kier alpha value is -1.85. The van der Waals surface area contributed by atoms with Gasteiger partial charge in [-0.2, -0.15) is 0 Å². The number of benzene rings is 1. The molecule has 1 aromatic heterocycles. The first-order valence-electron chi connectivity index (χ1n) is 6.99. The molecule has 3 rings (SSSR count). The first-order chi connectivity index (χ1) is 10.6. The Balaban J connectivity index is 1.67. The molecule has 0 atom stereocenters. The SMILES string of the molecule is O=C(Nc1ccc(Nc2c(Cl)cccc2Cl)nn1)C1CCC1. The van der Waals surface area contributed by atoms with Gasteiger partial charge in [0, 0.05) is 5.92 Å². The van der Waals surface area contributed by atoms with E-state index in [1.165, 1.54) is 0 Å². The van der Waals surface area contributed by atoms with E-state index < -0.39 is 0 Å². The van der Waals surface area contributed by atoms with Gasteiger partial charge in [-0.3, -0.25) is 4.79 Å². The van der Waals surface area contributed by atoms with E-state index in [1.807, 2.05) is 0 Å². The van der Waals surface area contributed by atoms with Gasteiger partial charge in [0.05, 0.1) is 15.7 Å². The van der Waals surface area contributed by atoms with Gasteiger partial charge in [-0.15, -0.1) is 10.2 Å². The lowest BCUT2D eigenvalue weighted by Crippen LogP contribution is -2.28. The molecular formula is C15H14Cl2N4O. The van der Waals surface area contributed by atoms with Crippen LogP contribution in [0.3, 0.4) is 0 Å². The Labute approximate surface area is 138 Å². The Morgan fingerprint density at radius 1 is 1.05 bits per heavy atom. The van der Waals surface area contributed by atoms with Gasteiger partial charge >= 0.3 is 0 Å². The van der Waals surface area contributed by atoms with Crippen LogP contribution in [0.4, 0.5) is 17.3 Å². The second-order valence-electron chi connectivity index (χ2n) is 5.14. The third-order valence-corrected chi connectivity index (χ3v) is 4.24. The number of hydrogen-bond donors (Lipinski definition) is 2. The molecule has 22 heavy (non-hydrogen) atoms. The fraction of sp³-hybridized carbons (Fsp3) is 0.267. The zero-order valence-corrected chi connectivity index (χ0v) is 13.2. The summed E-state index contributed by atoms with van der Waals surface area (Å²) in [7, 11) is 0. The van der Waals surface area contributed by atoms with E-state index in [0.29, 0.717) is 27.4 Å². The second kappa shape index (κ2) is 6.50. The molecule has 114 valence electrons. The number of nitrogens with one attached hydrogen (secondary N) is 2. The number of para-hydroxylation sites is 1. The second-order valence-corrected chi connectivity index (χ2v) is 5.96. The lowest BCUT2D eigenvalue weighted by atomic mass is 9.85. The normalized spacial score (nSPS) is 14.3. The summed E-state index contributed by atoms with van der Waals surface area (Å²) in [4.78, 5) is 11.8. The van der Waals surface area contributed by atoms with Crippen LogP contribution >= 0.6 is 23.2 Å². The molecule has 5 nitrogen and oxygen atoms in total. The maximum absolute atomic E-state index is 11.8. The highest BCUT2D eigenvalue weighted by Crippen LogP contribution is 2.32. The van der Waals surface area contributed by atoms with E-state index in [2.05, 4.69) is 20.8 Å². The number of nitrogens with zero attached hydrogens (tertiary/aromatic N) is 2. The number of aromatic nitrogens is 2. The van der Waals surface area contributed by atoms with Crippen LogP contribution in [0.15, 0.2) is 30.3 Å². The van der Waals surface area contributed by atoms with Crippen LogP contribution in [0.5, 0.6) is 0 Å². The number of halogens is 2. The van der Waals surface area contributed by atoms with E-state index in [0.717, 1.165) is 19.3 Å². The van der Waals surface area contributed by atoms with Gasteiger partial charge in [0.15, 0.2) is 11.6 Å². The summed E-state index contributed by atoms with van der Waals surface area (Å²) in [6, 6.07) is 8.63. The molecule has 0 radical (unpaired) electrons. The minimum absolute atomic E-state index is 0.00964. The highest BCUT2D eigenvalue weighted by atomic mass is 35.5. The van der Waals surface area contributed by atoms with E-state index in [-0.39, 0.29) is 11.8 Å². The van der Waals surface area contributed by atoms with E-state index in [1.54, 1.807) is 30.3 Å². The Bertz CT molecular complexity index is 666. The Kier molecular flexibility index (Phi) is 4.45. The lowest BCUT2D eigenvalue weighted by Gasteiger charge is -2.23. The minimum Gasteiger partial charge on any atom is -0.336 e.